The molecule has 0 aliphatic carbocycles. The summed E-state index contributed by atoms with van der Waals surface area (Å²) in [5.41, 5.74) is 6.89. The van der Waals surface area contributed by atoms with E-state index in [9.17, 15) is 0 Å². The normalized spacial score (nSPS) is 10.4. The van der Waals surface area contributed by atoms with Crippen molar-refractivity contribution in [2.45, 2.75) is 19.3 Å². The van der Waals surface area contributed by atoms with Gasteiger partial charge in [-0.3, -0.25) is 0 Å². The van der Waals surface area contributed by atoms with Gasteiger partial charge in [-0.2, -0.15) is 0 Å². The summed E-state index contributed by atoms with van der Waals surface area (Å²) in [5.74, 6) is 0.614. The van der Waals surface area contributed by atoms with E-state index in [0.717, 1.165) is 12.8 Å². The first-order chi connectivity index (χ1) is 7.34. The van der Waals surface area contributed by atoms with E-state index in [0.29, 0.717) is 5.82 Å². The third kappa shape index (κ3) is 3.06. The zero-order valence-corrected chi connectivity index (χ0v) is 9.33. The van der Waals surface area contributed by atoms with E-state index in [2.05, 4.69) is 22.5 Å². The number of thiophene rings is 1. The summed E-state index contributed by atoms with van der Waals surface area (Å²) in [5, 5.41) is 2.12. The van der Waals surface area contributed by atoms with E-state index in [1.54, 1.807) is 6.20 Å². The highest BCUT2D eigenvalue weighted by atomic mass is 32.1. The highest BCUT2D eigenvalue weighted by Gasteiger charge is 1.97. The van der Waals surface area contributed by atoms with Crippen LogP contribution in [-0.2, 0) is 12.8 Å². The topological polar surface area (TPSA) is 38.9 Å². The van der Waals surface area contributed by atoms with Gasteiger partial charge in [0.2, 0.25) is 0 Å². The van der Waals surface area contributed by atoms with Gasteiger partial charge in [-0.05, 0) is 48.4 Å². The van der Waals surface area contributed by atoms with Crippen molar-refractivity contribution in [2.24, 2.45) is 0 Å². The summed E-state index contributed by atoms with van der Waals surface area (Å²) in [4.78, 5) is 5.43. The average Bonchev–Trinajstić information content (AvgIpc) is 2.71. The molecule has 0 aliphatic rings. The lowest BCUT2D eigenvalue weighted by Crippen LogP contribution is -1.93. The Kier molecular flexibility index (Phi) is 3.35. The smallest absolute Gasteiger partial charge is 0.123 e. The van der Waals surface area contributed by atoms with Crippen molar-refractivity contribution >= 4 is 17.2 Å². The molecule has 2 nitrogen and oxygen atoms in total. The molecule has 0 spiro atoms. The molecule has 0 amide bonds. The molecule has 2 N–H and O–H groups in total. The molecule has 0 aromatic carbocycles. The third-order valence-electron chi connectivity index (χ3n) is 2.31. The van der Waals surface area contributed by atoms with E-state index in [4.69, 9.17) is 5.73 Å². The second-order valence-electron chi connectivity index (χ2n) is 3.52. The van der Waals surface area contributed by atoms with Crippen molar-refractivity contribution in [1.82, 2.24) is 4.98 Å². The predicted octanol–water partition coefficient (Wildman–Crippen LogP) is 2.90. The van der Waals surface area contributed by atoms with Crippen molar-refractivity contribution in [3.8, 4) is 0 Å². The van der Waals surface area contributed by atoms with Crippen molar-refractivity contribution in [3.05, 3.63) is 46.3 Å². The van der Waals surface area contributed by atoms with Crippen LogP contribution in [0.5, 0.6) is 0 Å². The molecule has 3 heteroatoms. The number of nitrogens with two attached hydrogens (primary N) is 1. The van der Waals surface area contributed by atoms with Crippen LogP contribution in [0.25, 0.3) is 0 Å². The minimum absolute atomic E-state index is 0.614. The van der Waals surface area contributed by atoms with Crippen LogP contribution in [0.4, 0.5) is 5.82 Å². The van der Waals surface area contributed by atoms with Crippen molar-refractivity contribution in [2.75, 3.05) is 5.73 Å². The Balaban J connectivity index is 1.83. The van der Waals surface area contributed by atoms with Crippen LogP contribution in [0.2, 0.25) is 0 Å². The summed E-state index contributed by atoms with van der Waals surface area (Å²) in [6.07, 6.45) is 5.17. The zero-order chi connectivity index (χ0) is 10.5. The van der Waals surface area contributed by atoms with Gasteiger partial charge in [-0.1, -0.05) is 6.07 Å². The number of hydrogen-bond donors (Lipinski definition) is 1. The molecule has 15 heavy (non-hydrogen) atoms. The maximum atomic E-state index is 5.62. The summed E-state index contributed by atoms with van der Waals surface area (Å²) in [6, 6.07) is 8.27. The van der Waals surface area contributed by atoms with Gasteiger partial charge in [0, 0.05) is 11.1 Å². The molecule has 0 bridgehead atoms. The Bertz CT molecular complexity index is 409. The Hall–Kier alpha value is -1.35. The highest BCUT2D eigenvalue weighted by Crippen LogP contribution is 2.13. The number of hydrogen-bond acceptors (Lipinski definition) is 3. The number of pyridine rings is 1. The fourth-order valence-corrected chi connectivity index (χ4v) is 2.32. The van der Waals surface area contributed by atoms with Gasteiger partial charge in [0.15, 0.2) is 0 Å². The molecule has 2 rings (SSSR count). The van der Waals surface area contributed by atoms with Crippen LogP contribution < -0.4 is 5.73 Å². The average molecular weight is 218 g/mol. The molecular formula is C12H14N2S. The van der Waals surface area contributed by atoms with Gasteiger partial charge < -0.3 is 5.73 Å². The molecular weight excluding hydrogens is 204 g/mol. The van der Waals surface area contributed by atoms with Crippen LogP contribution in [0.1, 0.15) is 16.9 Å². The number of aromatic nitrogens is 1. The van der Waals surface area contributed by atoms with Crippen LogP contribution in [-0.4, -0.2) is 4.98 Å². The van der Waals surface area contributed by atoms with E-state index >= 15 is 0 Å². The van der Waals surface area contributed by atoms with Crippen molar-refractivity contribution in [1.29, 1.82) is 0 Å². The summed E-state index contributed by atoms with van der Waals surface area (Å²) < 4.78 is 0. The maximum Gasteiger partial charge on any atom is 0.123 e. The summed E-state index contributed by atoms with van der Waals surface area (Å²) in [6.45, 7) is 0. The van der Waals surface area contributed by atoms with Gasteiger partial charge >= 0.3 is 0 Å². The number of nitrogens with zero attached hydrogens (tertiary/aromatic N) is 1. The molecule has 0 radical (unpaired) electrons. The SMILES string of the molecule is Nc1cc(CCCc2cccs2)ccn1. The minimum Gasteiger partial charge on any atom is -0.384 e. The van der Waals surface area contributed by atoms with E-state index < -0.39 is 0 Å². The zero-order valence-electron chi connectivity index (χ0n) is 8.52. The monoisotopic (exact) mass is 218 g/mol. The lowest BCUT2D eigenvalue weighted by atomic mass is 10.1. The Morgan fingerprint density at radius 2 is 2.20 bits per heavy atom. The first-order valence-electron chi connectivity index (χ1n) is 5.07. The van der Waals surface area contributed by atoms with Crippen LogP contribution in [0.3, 0.4) is 0 Å². The van der Waals surface area contributed by atoms with Crippen molar-refractivity contribution in [3.63, 3.8) is 0 Å². The molecule has 0 fully saturated rings. The predicted molar refractivity (Wildman–Crippen MR) is 65.0 cm³/mol. The largest absolute Gasteiger partial charge is 0.384 e. The van der Waals surface area contributed by atoms with Gasteiger partial charge in [0.1, 0.15) is 5.82 Å². The lowest BCUT2D eigenvalue weighted by Gasteiger charge is -2.01. The maximum absolute atomic E-state index is 5.62. The molecule has 0 unspecified atom stereocenters. The quantitative estimate of drug-likeness (QED) is 0.857. The molecule has 0 saturated heterocycles. The molecule has 78 valence electrons. The summed E-state index contributed by atoms with van der Waals surface area (Å²) >= 11 is 1.82. The Labute approximate surface area is 93.8 Å². The van der Waals surface area contributed by atoms with Gasteiger partial charge in [-0.25, -0.2) is 4.98 Å². The minimum atomic E-state index is 0.614. The van der Waals surface area contributed by atoms with E-state index in [-0.39, 0.29) is 0 Å². The molecule has 2 aromatic rings. The number of rotatable bonds is 4. The second kappa shape index (κ2) is 4.94. The molecule has 2 heterocycles. The van der Waals surface area contributed by atoms with E-state index in [1.807, 2.05) is 23.5 Å². The number of anilines is 1. The third-order valence-corrected chi connectivity index (χ3v) is 3.25. The van der Waals surface area contributed by atoms with Gasteiger partial charge in [0.25, 0.3) is 0 Å². The van der Waals surface area contributed by atoms with Gasteiger partial charge in [0.05, 0.1) is 0 Å². The molecule has 0 saturated carbocycles. The van der Waals surface area contributed by atoms with Crippen LogP contribution in [0.15, 0.2) is 35.8 Å². The first kappa shape index (κ1) is 10.2. The standard InChI is InChI=1S/C12H14N2S/c13-12-9-10(6-7-14-12)3-1-4-11-5-2-8-15-11/h2,5-9H,1,3-4H2,(H2,13,14). The fraction of sp³-hybridized carbons (Fsp3) is 0.250. The van der Waals surface area contributed by atoms with Crippen LogP contribution in [0, 0.1) is 0 Å². The van der Waals surface area contributed by atoms with E-state index in [1.165, 1.54) is 16.9 Å². The Morgan fingerprint density at radius 3 is 2.93 bits per heavy atom. The van der Waals surface area contributed by atoms with Crippen LogP contribution >= 0.6 is 11.3 Å². The molecule has 0 aliphatic heterocycles. The fourth-order valence-electron chi connectivity index (χ4n) is 1.57. The highest BCUT2D eigenvalue weighted by molar-refractivity contribution is 7.09. The van der Waals surface area contributed by atoms with Gasteiger partial charge in [-0.15, -0.1) is 11.3 Å². The number of nitrogen functional groups attached to an aromatic ring is 1. The van der Waals surface area contributed by atoms with Crippen molar-refractivity contribution < 1.29 is 0 Å². The summed E-state index contributed by atoms with van der Waals surface area (Å²) in [7, 11) is 0. The number of aryl methyl sites for hydroxylation is 2. The first-order valence-corrected chi connectivity index (χ1v) is 5.95. The molecule has 2 aromatic heterocycles. The second-order valence-corrected chi connectivity index (χ2v) is 4.55. The Morgan fingerprint density at radius 1 is 1.27 bits per heavy atom. The lowest BCUT2D eigenvalue weighted by molar-refractivity contribution is 0.830. The molecule has 0 atom stereocenters.